The number of nitro groups is 1. The minimum absolute atomic E-state index is 0.643. The monoisotopic (exact) mass is 251 g/mol. The van der Waals surface area contributed by atoms with Gasteiger partial charge in [-0.05, 0) is 0 Å². The van der Waals surface area contributed by atoms with E-state index in [-0.39, 0.29) is 0 Å². The maximum absolute atomic E-state index is 10.3. The molecule has 9 heteroatoms. The van der Waals surface area contributed by atoms with Gasteiger partial charge in [-0.25, -0.2) is 0 Å². The fraction of sp³-hybridized carbons (Fsp3) is 0.750. The number of ether oxygens (including phenoxy) is 2. The Bertz CT molecular complexity index is 306. The molecule has 0 aliphatic carbocycles. The standard InChI is InChI=1S/C8H13NO8/c1-3(9(14)15)16-8-7(13)6(12)5(11)4(2-10)17-8/h4-8,10-13H,1-2H2/t4-,5+,6+,7-,8?/m1/s1. The van der Waals surface area contributed by atoms with E-state index in [1.165, 1.54) is 0 Å². The molecule has 1 aliphatic heterocycles. The van der Waals surface area contributed by atoms with E-state index in [4.69, 9.17) is 9.84 Å². The number of aliphatic hydroxyl groups is 4. The molecule has 17 heavy (non-hydrogen) atoms. The highest BCUT2D eigenvalue weighted by Crippen LogP contribution is 2.23. The summed E-state index contributed by atoms with van der Waals surface area (Å²) in [6.45, 7) is 2.32. The smallest absolute Gasteiger partial charge is 0.408 e. The van der Waals surface area contributed by atoms with Crippen LogP contribution in [0.15, 0.2) is 12.5 Å². The summed E-state index contributed by atoms with van der Waals surface area (Å²) < 4.78 is 9.42. The predicted molar refractivity (Wildman–Crippen MR) is 51.0 cm³/mol. The number of aliphatic hydroxyl groups excluding tert-OH is 4. The van der Waals surface area contributed by atoms with E-state index >= 15 is 0 Å². The molecular weight excluding hydrogens is 238 g/mol. The summed E-state index contributed by atoms with van der Waals surface area (Å²) in [5, 5.41) is 47.3. The van der Waals surface area contributed by atoms with Gasteiger partial charge in [0.15, 0.2) is 0 Å². The van der Waals surface area contributed by atoms with Crippen LogP contribution in [0.2, 0.25) is 0 Å². The molecule has 1 heterocycles. The quantitative estimate of drug-likeness (QED) is 0.245. The van der Waals surface area contributed by atoms with Gasteiger partial charge in [-0.2, -0.15) is 0 Å². The molecule has 9 nitrogen and oxygen atoms in total. The van der Waals surface area contributed by atoms with Crippen LogP contribution in [0.3, 0.4) is 0 Å². The van der Waals surface area contributed by atoms with E-state index in [0.29, 0.717) is 0 Å². The summed E-state index contributed by atoms with van der Waals surface area (Å²) in [4.78, 5) is 9.32. The first-order valence-electron chi connectivity index (χ1n) is 4.69. The Morgan fingerprint density at radius 1 is 1.35 bits per heavy atom. The lowest BCUT2D eigenvalue weighted by molar-refractivity contribution is -0.479. The highest BCUT2D eigenvalue weighted by molar-refractivity contribution is 4.90. The van der Waals surface area contributed by atoms with Gasteiger partial charge >= 0.3 is 5.88 Å². The lowest BCUT2D eigenvalue weighted by Crippen LogP contribution is -2.59. The lowest BCUT2D eigenvalue weighted by Gasteiger charge is -2.38. The van der Waals surface area contributed by atoms with Gasteiger partial charge in [-0.1, -0.05) is 0 Å². The highest BCUT2D eigenvalue weighted by atomic mass is 16.7. The van der Waals surface area contributed by atoms with Crippen molar-refractivity contribution in [2.24, 2.45) is 0 Å². The first-order chi connectivity index (χ1) is 7.88. The Morgan fingerprint density at radius 2 is 1.94 bits per heavy atom. The third-order valence-electron chi connectivity index (χ3n) is 2.30. The maximum atomic E-state index is 10.3. The largest absolute Gasteiger partial charge is 0.423 e. The van der Waals surface area contributed by atoms with Gasteiger partial charge in [0.05, 0.1) is 6.61 Å². The zero-order valence-corrected chi connectivity index (χ0v) is 8.67. The number of nitrogens with zero attached hydrogens (tertiary/aromatic N) is 1. The minimum atomic E-state index is -1.69. The van der Waals surface area contributed by atoms with E-state index < -0.39 is 48.1 Å². The zero-order valence-electron chi connectivity index (χ0n) is 8.67. The molecule has 1 fully saturated rings. The second kappa shape index (κ2) is 5.38. The molecule has 1 rings (SSSR count). The van der Waals surface area contributed by atoms with Crippen molar-refractivity contribution in [3.05, 3.63) is 22.6 Å². The van der Waals surface area contributed by atoms with E-state index in [2.05, 4.69) is 11.3 Å². The van der Waals surface area contributed by atoms with Crippen LogP contribution in [-0.2, 0) is 9.47 Å². The molecule has 0 spiro atoms. The third kappa shape index (κ3) is 2.90. The second-order valence-corrected chi connectivity index (χ2v) is 3.47. The van der Waals surface area contributed by atoms with E-state index in [1.807, 2.05) is 0 Å². The van der Waals surface area contributed by atoms with Crippen LogP contribution in [0.1, 0.15) is 0 Å². The Hall–Kier alpha value is -1.26. The van der Waals surface area contributed by atoms with Gasteiger partial charge in [-0.3, -0.25) is 10.1 Å². The summed E-state index contributed by atoms with van der Waals surface area (Å²) in [5.74, 6) is -0.880. The lowest BCUT2D eigenvalue weighted by atomic mass is 9.99. The van der Waals surface area contributed by atoms with Gasteiger partial charge in [0, 0.05) is 6.58 Å². The molecule has 0 bridgehead atoms. The van der Waals surface area contributed by atoms with Crippen molar-refractivity contribution >= 4 is 0 Å². The summed E-state index contributed by atoms with van der Waals surface area (Å²) >= 11 is 0. The van der Waals surface area contributed by atoms with Crippen LogP contribution in [0, 0.1) is 10.1 Å². The number of hydrogen-bond donors (Lipinski definition) is 4. The summed E-state index contributed by atoms with van der Waals surface area (Å²) in [7, 11) is 0. The summed E-state index contributed by atoms with van der Waals surface area (Å²) in [5.41, 5.74) is 0. The van der Waals surface area contributed by atoms with Crippen LogP contribution in [0.4, 0.5) is 0 Å². The molecule has 4 N–H and O–H groups in total. The first kappa shape index (κ1) is 13.8. The maximum Gasteiger partial charge on any atom is 0.423 e. The molecule has 98 valence electrons. The normalized spacial score (nSPS) is 37.5. The minimum Gasteiger partial charge on any atom is -0.408 e. The van der Waals surface area contributed by atoms with Gasteiger partial charge in [-0.15, -0.1) is 0 Å². The van der Waals surface area contributed by atoms with Crippen LogP contribution in [-0.4, -0.2) is 62.7 Å². The topological polar surface area (TPSA) is 143 Å². The predicted octanol–water partition coefficient (Wildman–Crippen LogP) is -2.45. The molecule has 5 atom stereocenters. The molecule has 0 aromatic carbocycles. The summed E-state index contributed by atoms with van der Waals surface area (Å²) in [6, 6.07) is 0. The van der Waals surface area contributed by atoms with Crippen LogP contribution < -0.4 is 0 Å². The summed E-state index contributed by atoms with van der Waals surface area (Å²) in [6.07, 6.45) is -7.64. The van der Waals surface area contributed by atoms with Crippen molar-refractivity contribution in [3.63, 3.8) is 0 Å². The molecule has 0 saturated carbocycles. The molecule has 1 saturated heterocycles. The van der Waals surface area contributed by atoms with Crippen LogP contribution in [0.25, 0.3) is 0 Å². The second-order valence-electron chi connectivity index (χ2n) is 3.47. The van der Waals surface area contributed by atoms with Crippen molar-refractivity contribution in [1.82, 2.24) is 0 Å². The van der Waals surface area contributed by atoms with E-state index in [9.17, 15) is 25.4 Å². The Morgan fingerprint density at radius 3 is 2.41 bits per heavy atom. The van der Waals surface area contributed by atoms with Crippen molar-refractivity contribution in [1.29, 1.82) is 0 Å². The first-order valence-corrected chi connectivity index (χ1v) is 4.69. The molecular formula is C8H13NO8. The van der Waals surface area contributed by atoms with Gasteiger partial charge in [0.25, 0.3) is 0 Å². The average molecular weight is 251 g/mol. The molecule has 1 unspecified atom stereocenters. The average Bonchev–Trinajstić information content (AvgIpc) is 2.29. The highest BCUT2D eigenvalue weighted by Gasteiger charge is 2.45. The van der Waals surface area contributed by atoms with Gasteiger partial charge in [0.1, 0.15) is 29.3 Å². The molecule has 0 aromatic rings. The van der Waals surface area contributed by atoms with Gasteiger partial charge < -0.3 is 29.9 Å². The molecule has 1 aliphatic rings. The number of rotatable bonds is 4. The Labute approximate surface area is 95.7 Å². The van der Waals surface area contributed by atoms with Crippen molar-refractivity contribution in [3.8, 4) is 0 Å². The SMILES string of the molecule is C=C(OC1O[C@H](CO)[C@H](O)[C@H](O)[C@H]1O)[N+](=O)[O-]. The molecule has 0 amide bonds. The third-order valence-corrected chi connectivity index (χ3v) is 2.30. The van der Waals surface area contributed by atoms with E-state index in [0.717, 1.165) is 0 Å². The molecule has 0 aromatic heterocycles. The molecule has 0 radical (unpaired) electrons. The number of hydrogen-bond acceptors (Lipinski definition) is 8. The Kier molecular flexibility index (Phi) is 4.37. The van der Waals surface area contributed by atoms with E-state index in [1.54, 1.807) is 0 Å². The Balaban J connectivity index is 2.72. The van der Waals surface area contributed by atoms with Crippen LogP contribution in [0.5, 0.6) is 0 Å². The van der Waals surface area contributed by atoms with Crippen molar-refractivity contribution < 1.29 is 34.8 Å². The van der Waals surface area contributed by atoms with Crippen molar-refractivity contribution in [2.45, 2.75) is 30.7 Å². The van der Waals surface area contributed by atoms with Crippen LogP contribution >= 0.6 is 0 Å². The van der Waals surface area contributed by atoms with Crippen molar-refractivity contribution in [2.75, 3.05) is 6.61 Å². The van der Waals surface area contributed by atoms with Gasteiger partial charge in [0.2, 0.25) is 6.29 Å². The fourth-order valence-corrected chi connectivity index (χ4v) is 1.34. The zero-order chi connectivity index (χ0) is 13.2. The fourth-order valence-electron chi connectivity index (χ4n) is 1.34.